The average molecular weight is 287 g/mol. The van der Waals surface area contributed by atoms with E-state index in [2.05, 4.69) is 10.6 Å². The van der Waals surface area contributed by atoms with Crippen molar-refractivity contribution in [2.45, 2.75) is 19.4 Å². The first-order valence-corrected chi connectivity index (χ1v) is 5.99. The van der Waals surface area contributed by atoms with Crippen molar-refractivity contribution in [3.8, 4) is 0 Å². The molecular weight excluding hydrogens is 272 g/mol. The van der Waals surface area contributed by atoms with Gasteiger partial charge in [0.25, 0.3) is 0 Å². The molecule has 0 spiro atoms. The molecule has 7 heteroatoms. The topological polar surface area (TPSA) is 98.7 Å². The lowest BCUT2D eigenvalue weighted by atomic mass is 10.2. The second kappa shape index (κ2) is 6.96. The van der Waals surface area contributed by atoms with E-state index in [1.165, 1.54) is 0 Å². The first kappa shape index (κ1) is 15.3. The number of amides is 2. The zero-order valence-electron chi connectivity index (χ0n) is 10.3. The molecule has 1 aromatic rings. The standard InChI is InChI=1S/C12H15ClN2O4/c1-7-2-3-9(8(13)6-7)14-12(19)15-10(4-5-16)11(17)18/h2-3,6,10,16H,4-5H2,1H3,(H,17,18)(H2,14,15,19)/t10-/m1/s1. The van der Waals surface area contributed by atoms with Gasteiger partial charge in [-0.2, -0.15) is 0 Å². The maximum atomic E-state index is 11.6. The lowest BCUT2D eigenvalue weighted by molar-refractivity contribution is -0.139. The summed E-state index contributed by atoms with van der Waals surface area (Å²) >= 11 is 5.94. The van der Waals surface area contributed by atoms with Gasteiger partial charge in [-0.25, -0.2) is 9.59 Å². The fourth-order valence-corrected chi connectivity index (χ4v) is 1.71. The number of aryl methyl sites for hydroxylation is 1. The smallest absolute Gasteiger partial charge is 0.326 e. The highest BCUT2D eigenvalue weighted by atomic mass is 35.5. The molecule has 0 saturated carbocycles. The van der Waals surface area contributed by atoms with Crippen molar-refractivity contribution in [3.63, 3.8) is 0 Å². The number of nitrogens with one attached hydrogen (secondary N) is 2. The van der Waals surface area contributed by atoms with Crippen molar-refractivity contribution in [3.05, 3.63) is 28.8 Å². The Bertz CT molecular complexity index is 479. The van der Waals surface area contributed by atoms with Crippen LogP contribution in [0.3, 0.4) is 0 Å². The van der Waals surface area contributed by atoms with E-state index in [0.29, 0.717) is 10.7 Å². The maximum absolute atomic E-state index is 11.6. The molecule has 104 valence electrons. The van der Waals surface area contributed by atoms with Crippen LogP contribution in [0.1, 0.15) is 12.0 Å². The fraction of sp³-hybridized carbons (Fsp3) is 0.333. The lowest BCUT2D eigenvalue weighted by Gasteiger charge is -2.14. The maximum Gasteiger partial charge on any atom is 0.326 e. The van der Waals surface area contributed by atoms with Gasteiger partial charge in [-0.3, -0.25) is 0 Å². The molecule has 0 unspecified atom stereocenters. The Hall–Kier alpha value is -1.79. The highest BCUT2D eigenvalue weighted by Crippen LogP contribution is 2.22. The summed E-state index contributed by atoms with van der Waals surface area (Å²) in [5, 5.41) is 22.6. The summed E-state index contributed by atoms with van der Waals surface area (Å²) in [6.07, 6.45) is -0.0651. The number of aliphatic hydroxyl groups excluding tert-OH is 1. The van der Waals surface area contributed by atoms with Crippen molar-refractivity contribution in [2.75, 3.05) is 11.9 Å². The van der Waals surface area contributed by atoms with Crippen molar-refractivity contribution < 1.29 is 19.8 Å². The van der Waals surface area contributed by atoms with Gasteiger partial charge in [-0.1, -0.05) is 17.7 Å². The minimum absolute atomic E-state index is 0.0651. The van der Waals surface area contributed by atoms with Gasteiger partial charge in [0.05, 0.1) is 10.7 Å². The Morgan fingerprint density at radius 3 is 2.63 bits per heavy atom. The Morgan fingerprint density at radius 1 is 1.42 bits per heavy atom. The third-order valence-corrected chi connectivity index (χ3v) is 2.71. The monoisotopic (exact) mass is 286 g/mol. The van der Waals surface area contributed by atoms with Crippen molar-refractivity contribution in [1.29, 1.82) is 0 Å². The lowest BCUT2D eigenvalue weighted by Crippen LogP contribution is -2.43. The summed E-state index contributed by atoms with van der Waals surface area (Å²) < 4.78 is 0. The Morgan fingerprint density at radius 2 is 2.11 bits per heavy atom. The van der Waals surface area contributed by atoms with E-state index < -0.39 is 18.0 Å². The van der Waals surface area contributed by atoms with E-state index in [4.69, 9.17) is 21.8 Å². The number of carboxylic acids is 1. The third kappa shape index (κ3) is 4.76. The molecule has 1 atom stereocenters. The number of rotatable bonds is 5. The fourth-order valence-electron chi connectivity index (χ4n) is 1.42. The van der Waals surface area contributed by atoms with Crippen LogP contribution in [0.2, 0.25) is 5.02 Å². The number of carbonyl (C=O) groups is 2. The van der Waals surface area contributed by atoms with Crippen LogP contribution in [0, 0.1) is 6.92 Å². The molecule has 1 aromatic carbocycles. The van der Waals surface area contributed by atoms with E-state index in [1.54, 1.807) is 18.2 Å². The molecule has 2 amide bonds. The van der Waals surface area contributed by atoms with Crippen LogP contribution in [0.15, 0.2) is 18.2 Å². The summed E-state index contributed by atoms with van der Waals surface area (Å²) in [6.45, 7) is 1.53. The van der Waals surface area contributed by atoms with Crippen LogP contribution in [-0.2, 0) is 4.79 Å². The van der Waals surface area contributed by atoms with Gasteiger partial charge in [-0.15, -0.1) is 0 Å². The minimum atomic E-state index is -1.21. The SMILES string of the molecule is Cc1ccc(NC(=O)N[C@H](CCO)C(=O)O)c(Cl)c1. The first-order chi connectivity index (χ1) is 8.93. The van der Waals surface area contributed by atoms with Crippen LogP contribution >= 0.6 is 11.6 Å². The van der Waals surface area contributed by atoms with Crippen LogP contribution in [0.4, 0.5) is 10.5 Å². The molecule has 0 saturated heterocycles. The van der Waals surface area contributed by atoms with Crippen LogP contribution in [0.5, 0.6) is 0 Å². The molecule has 0 aromatic heterocycles. The van der Waals surface area contributed by atoms with Gasteiger partial charge in [-0.05, 0) is 24.6 Å². The molecule has 0 radical (unpaired) electrons. The normalized spacial score (nSPS) is 11.7. The number of aliphatic carboxylic acids is 1. The molecule has 0 aliphatic carbocycles. The molecule has 19 heavy (non-hydrogen) atoms. The number of carbonyl (C=O) groups excluding carboxylic acids is 1. The summed E-state index contributed by atoms with van der Waals surface area (Å²) in [4.78, 5) is 22.4. The summed E-state index contributed by atoms with van der Waals surface area (Å²) in [5.74, 6) is -1.21. The van der Waals surface area contributed by atoms with E-state index in [-0.39, 0.29) is 13.0 Å². The molecule has 0 fully saturated rings. The summed E-state index contributed by atoms with van der Waals surface area (Å²) in [7, 11) is 0. The molecule has 0 bridgehead atoms. The number of hydrogen-bond acceptors (Lipinski definition) is 3. The van der Waals surface area contributed by atoms with E-state index in [1.807, 2.05) is 6.92 Å². The van der Waals surface area contributed by atoms with Gasteiger partial charge in [0.15, 0.2) is 0 Å². The van der Waals surface area contributed by atoms with Gasteiger partial charge in [0, 0.05) is 13.0 Å². The predicted octanol–water partition coefficient (Wildman–Crippen LogP) is 1.61. The largest absolute Gasteiger partial charge is 0.480 e. The number of halogens is 1. The number of urea groups is 1. The van der Waals surface area contributed by atoms with Gasteiger partial charge in [0.2, 0.25) is 0 Å². The Balaban J connectivity index is 2.66. The second-order valence-corrected chi connectivity index (χ2v) is 4.39. The van der Waals surface area contributed by atoms with E-state index >= 15 is 0 Å². The van der Waals surface area contributed by atoms with Gasteiger partial charge >= 0.3 is 12.0 Å². The average Bonchev–Trinajstić information content (AvgIpc) is 2.32. The third-order valence-electron chi connectivity index (χ3n) is 2.39. The number of anilines is 1. The molecule has 0 heterocycles. The molecule has 6 nitrogen and oxygen atoms in total. The number of benzene rings is 1. The zero-order valence-corrected chi connectivity index (χ0v) is 11.1. The van der Waals surface area contributed by atoms with Gasteiger partial charge in [0.1, 0.15) is 6.04 Å². The highest BCUT2D eigenvalue weighted by Gasteiger charge is 2.19. The molecule has 4 N–H and O–H groups in total. The van der Waals surface area contributed by atoms with Crippen molar-refractivity contribution in [2.24, 2.45) is 0 Å². The van der Waals surface area contributed by atoms with E-state index in [0.717, 1.165) is 5.56 Å². The summed E-state index contributed by atoms with van der Waals surface area (Å²) in [5.41, 5.74) is 1.33. The minimum Gasteiger partial charge on any atom is -0.480 e. The quantitative estimate of drug-likeness (QED) is 0.661. The van der Waals surface area contributed by atoms with E-state index in [9.17, 15) is 9.59 Å². The summed E-state index contributed by atoms with van der Waals surface area (Å²) in [6, 6.07) is 3.24. The van der Waals surface area contributed by atoms with Crippen molar-refractivity contribution >= 4 is 29.3 Å². The predicted molar refractivity (Wildman–Crippen MR) is 71.5 cm³/mol. The Labute approximate surface area is 115 Å². The number of carboxylic acid groups (broad SMARTS) is 1. The highest BCUT2D eigenvalue weighted by molar-refractivity contribution is 6.33. The molecule has 0 aliphatic heterocycles. The van der Waals surface area contributed by atoms with Crippen LogP contribution < -0.4 is 10.6 Å². The van der Waals surface area contributed by atoms with Crippen molar-refractivity contribution in [1.82, 2.24) is 5.32 Å². The van der Waals surface area contributed by atoms with Crippen LogP contribution in [-0.4, -0.2) is 34.9 Å². The molecular formula is C12H15ClN2O4. The first-order valence-electron chi connectivity index (χ1n) is 5.61. The number of hydrogen-bond donors (Lipinski definition) is 4. The Kier molecular flexibility index (Phi) is 5.59. The number of aliphatic hydroxyl groups is 1. The van der Waals surface area contributed by atoms with Crippen LogP contribution in [0.25, 0.3) is 0 Å². The molecule has 0 aliphatic rings. The zero-order chi connectivity index (χ0) is 14.4. The second-order valence-electron chi connectivity index (χ2n) is 3.98. The molecule has 1 rings (SSSR count). The van der Waals surface area contributed by atoms with Gasteiger partial charge < -0.3 is 20.8 Å².